The fourth-order valence-electron chi connectivity index (χ4n) is 2.48. The first-order chi connectivity index (χ1) is 12.7. The summed E-state index contributed by atoms with van der Waals surface area (Å²) in [5, 5.41) is 10.5. The molecule has 0 saturated carbocycles. The van der Waals surface area contributed by atoms with Gasteiger partial charge in [0.25, 0.3) is 5.91 Å². The highest BCUT2D eigenvalue weighted by molar-refractivity contribution is 7.99. The van der Waals surface area contributed by atoms with Crippen molar-refractivity contribution in [2.24, 2.45) is 0 Å². The molecule has 132 valence electrons. The Morgan fingerprint density at radius 3 is 2.92 bits per heavy atom. The smallest absolute Gasteiger partial charge is 0.322 e. The molecule has 4 rings (SSSR count). The monoisotopic (exact) mass is 369 g/mol. The van der Waals surface area contributed by atoms with Gasteiger partial charge in [-0.1, -0.05) is 18.1 Å². The fourth-order valence-corrected chi connectivity index (χ4v) is 3.20. The zero-order valence-corrected chi connectivity index (χ0v) is 14.7. The number of benzene rings is 2. The second kappa shape index (κ2) is 7.09. The number of rotatable bonds is 5. The van der Waals surface area contributed by atoms with Gasteiger partial charge < -0.3 is 13.9 Å². The molecule has 0 aliphatic carbocycles. The first-order valence-electron chi connectivity index (χ1n) is 8.00. The van der Waals surface area contributed by atoms with Crippen LogP contribution in [0.2, 0.25) is 0 Å². The van der Waals surface area contributed by atoms with Crippen LogP contribution in [0, 0.1) is 0 Å². The molecule has 1 aliphatic heterocycles. The Bertz CT molecular complexity index is 957. The van der Waals surface area contributed by atoms with Gasteiger partial charge in [0.2, 0.25) is 12.7 Å². The molecule has 8 heteroatoms. The van der Waals surface area contributed by atoms with Crippen molar-refractivity contribution in [1.82, 2.24) is 10.2 Å². The van der Waals surface area contributed by atoms with E-state index in [1.165, 1.54) is 0 Å². The second-order valence-corrected chi connectivity index (χ2v) is 6.73. The molecule has 26 heavy (non-hydrogen) atoms. The summed E-state index contributed by atoms with van der Waals surface area (Å²) in [6.07, 6.45) is 0. The van der Waals surface area contributed by atoms with E-state index in [0.717, 1.165) is 10.6 Å². The zero-order chi connectivity index (χ0) is 17.9. The number of carbonyl (C=O) groups is 1. The standard InChI is InChI=1S/C18H15N3O4S/c1-2-26-13-5-3-4-11(8-13)16(22)19-18-21-20-17(25-18)12-6-7-14-15(9-12)24-10-23-14/h3-9H,2,10H2,1H3,(H,19,21,22). The van der Waals surface area contributed by atoms with Crippen LogP contribution >= 0.6 is 11.8 Å². The summed E-state index contributed by atoms with van der Waals surface area (Å²) >= 11 is 1.67. The van der Waals surface area contributed by atoms with E-state index in [2.05, 4.69) is 22.4 Å². The Morgan fingerprint density at radius 1 is 1.15 bits per heavy atom. The number of nitrogens with zero attached hydrogens (tertiary/aromatic N) is 2. The van der Waals surface area contributed by atoms with Crippen LogP contribution in [0.3, 0.4) is 0 Å². The third kappa shape index (κ3) is 3.36. The van der Waals surface area contributed by atoms with Crippen molar-refractivity contribution < 1.29 is 18.7 Å². The minimum atomic E-state index is -0.301. The van der Waals surface area contributed by atoms with Gasteiger partial charge in [-0.05, 0) is 42.2 Å². The average molecular weight is 369 g/mol. The number of hydrogen-bond donors (Lipinski definition) is 1. The van der Waals surface area contributed by atoms with Crippen LogP contribution in [0.25, 0.3) is 11.5 Å². The maximum absolute atomic E-state index is 12.4. The van der Waals surface area contributed by atoms with Gasteiger partial charge in [-0.2, -0.15) is 0 Å². The van der Waals surface area contributed by atoms with Crippen LogP contribution in [0.5, 0.6) is 11.5 Å². The van der Waals surface area contributed by atoms with E-state index in [9.17, 15) is 4.79 Å². The lowest BCUT2D eigenvalue weighted by molar-refractivity contribution is 0.102. The highest BCUT2D eigenvalue weighted by atomic mass is 32.2. The summed E-state index contributed by atoms with van der Waals surface area (Å²) in [5.41, 5.74) is 1.22. The molecule has 1 N–H and O–H groups in total. The van der Waals surface area contributed by atoms with E-state index in [1.807, 2.05) is 18.2 Å². The number of amides is 1. The molecule has 7 nitrogen and oxygen atoms in total. The highest BCUT2D eigenvalue weighted by Gasteiger charge is 2.17. The van der Waals surface area contributed by atoms with E-state index in [-0.39, 0.29) is 24.6 Å². The van der Waals surface area contributed by atoms with E-state index < -0.39 is 0 Å². The topological polar surface area (TPSA) is 86.5 Å². The van der Waals surface area contributed by atoms with E-state index >= 15 is 0 Å². The molecule has 0 saturated heterocycles. The largest absolute Gasteiger partial charge is 0.454 e. The molecule has 0 spiro atoms. The quantitative estimate of drug-likeness (QED) is 0.684. The number of thioether (sulfide) groups is 1. The Morgan fingerprint density at radius 2 is 2.04 bits per heavy atom. The normalized spacial score (nSPS) is 12.2. The van der Waals surface area contributed by atoms with Crippen molar-refractivity contribution in [1.29, 1.82) is 0 Å². The van der Waals surface area contributed by atoms with Gasteiger partial charge in [-0.15, -0.1) is 16.9 Å². The minimum Gasteiger partial charge on any atom is -0.454 e. The fraction of sp³-hybridized carbons (Fsp3) is 0.167. The van der Waals surface area contributed by atoms with Gasteiger partial charge in [-0.25, -0.2) is 0 Å². The van der Waals surface area contributed by atoms with Crippen molar-refractivity contribution in [3.63, 3.8) is 0 Å². The van der Waals surface area contributed by atoms with Gasteiger partial charge >= 0.3 is 6.01 Å². The van der Waals surface area contributed by atoms with Crippen LogP contribution in [-0.2, 0) is 0 Å². The number of hydrogen-bond acceptors (Lipinski definition) is 7. The van der Waals surface area contributed by atoms with Gasteiger partial charge in [0.1, 0.15) is 0 Å². The lowest BCUT2D eigenvalue weighted by Crippen LogP contribution is -2.12. The number of anilines is 1. The summed E-state index contributed by atoms with van der Waals surface area (Å²) in [4.78, 5) is 13.4. The molecule has 1 amide bonds. The summed E-state index contributed by atoms with van der Waals surface area (Å²) in [7, 11) is 0. The van der Waals surface area contributed by atoms with Crippen LogP contribution < -0.4 is 14.8 Å². The van der Waals surface area contributed by atoms with E-state index in [4.69, 9.17) is 13.9 Å². The number of ether oxygens (including phenoxy) is 2. The van der Waals surface area contributed by atoms with Gasteiger partial charge in [-0.3, -0.25) is 10.1 Å². The molecule has 1 aliphatic rings. The summed E-state index contributed by atoms with van der Waals surface area (Å²) < 4.78 is 16.2. The first kappa shape index (κ1) is 16.5. The van der Waals surface area contributed by atoms with Gasteiger partial charge in [0, 0.05) is 16.0 Å². The molecule has 2 aromatic carbocycles. The molecule has 0 fully saturated rings. The Balaban J connectivity index is 1.50. The van der Waals surface area contributed by atoms with Crippen molar-refractivity contribution in [2.75, 3.05) is 17.9 Å². The molecule has 0 bridgehead atoms. The van der Waals surface area contributed by atoms with Crippen molar-refractivity contribution in [3.8, 4) is 23.0 Å². The third-order valence-electron chi connectivity index (χ3n) is 3.67. The molecule has 2 heterocycles. The summed E-state index contributed by atoms with van der Waals surface area (Å²) in [6, 6.07) is 12.7. The molecular formula is C18H15N3O4S. The Hall–Kier alpha value is -3.00. The lowest BCUT2D eigenvalue weighted by Gasteiger charge is -2.03. The zero-order valence-electron chi connectivity index (χ0n) is 13.9. The van der Waals surface area contributed by atoms with Crippen molar-refractivity contribution >= 4 is 23.7 Å². The van der Waals surface area contributed by atoms with Crippen LogP contribution in [0.4, 0.5) is 6.01 Å². The Kier molecular flexibility index (Phi) is 4.49. The predicted molar refractivity (Wildman–Crippen MR) is 96.7 cm³/mol. The molecular weight excluding hydrogens is 354 g/mol. The molecule has 1 aromatic heterocycles. The van der Waals surface area contributed by atoms with Gasteiger partial charge in [0.15, 0.2) is 11.5 Å². The highest BCUT2D eigenvalue weighted by Crippen LogP contribution is 2.35. The summed E-state index contributed by atoms with van der Waals surface area (Å²) in [6.45, 7) is 2.26. The molecule has 0 radical (unpaired) electrons. The Labute approximate surface area is 153 Å². The summed E-state index contributed by atoms with van der Waals surface area (Å²) in [5.74, 6) is 2.22. The second-order valence-electron chi connectivity index (χ2n) is 5.40. The first-order valence-corrected chi connectivity index (χ1v) is 8.99. The van der Waals surface area contributed by atoms with Crippen LogP contribution in [0.1, 0.15) is 17.3 Å². The number of aromatic nitrogens is 2. The molecule has 0 atom stereocenters. The van der Waals surface area contributed by atoms with Gasteiger partial charge in [0.05, 0.1) is 0 Å². The lowest BCUT2D eigenvalue weighted by atomic mass is 10.2. The predicted octanol–water partition coefficient (Wildman–Crippen LogP) is 3.83. The van der Waals surface area contributed by atoms with E-state index in [1.54, 1.807) is 36.0 Å². The number of nitrogens with one attached hydrogen (secondary N) is 1. The minimum absolute atomic E-state index is 0.0382. The molecule has 0 unspecified atom stereocenters. The number of fused-ring (bicyclic) bond motifs is 1. The van der Waals surface area contributed by atoms with Crippen molar-refractivity contribution in [2.45, 2.75) is 11.8 Å². The third-order valence-corrected chi connectivity index (χ3v) is 4.55. The maximum atomic E-state index is 12.4. The van der Waals surface area contributed by atoms with Crippen LogP contribution in [0.15, 0.2) is 51.8 Å². The van der Waals surface area contributed by atoms with E-state index in [0.29, 0.717) is 22.6 Å². The van der Waals surface area contributed by atoms with Crippen LogP contribution in [-0.4, -0.2) is 28.7 Å². The maximum Gasteiger partial charge on any atom is 0.322 e. The average Bonchev–Trinajstić information content (AvgIpc) is 3.30. The number of carbonyl (C=O) groups excluding carboxylic acids is 1. The van der Waals surface area contributed by atoms with Crippen molar-refractivity contribution in [3.05, 3.63) is 48.0 Å². The molecule has 3 aromatic rings. The SMILES string of the molecule is CCSc1cccc(C(=O)Nc2nnc(-c3ccc4c(c3)OCO4)o2)c1.